The molecule has 0 radical (unpaired) electrons. The van der Waals surface area contributed by atoms with Gasteiger partial charge >= 0.3 is 0 Å². The van der Waals surface area contributed by atoms with Gasteiger partial charge in [0, 0.05) is 6.61 Å². The molecule has 0 aromatic heterocycles. The summed E-state index contributed by atoms with van der Waals surface area (Å²) in [6, 6.07) is 0. The minimum absolute atomic E-state index is 0.442. The summed E-state index contributed by atoms with van der Waals surface area (Å²) in [5.74, 6) is 0. The second-order valence-electron chi connectivity index (χ2n) is 2.65. The van der Waals surface area contributed by atoms with E-state index >= 15 is 0 Å². The molecule has 0 saturated carbocycles. The topological polar surface area (TPSA) is 38.7 Å². The molecule has 0 bridgehead atoms. The fourth-order valence-electron chi connectivity index (χ4n) is 0.889. The molecular weight excluding hydrogens is 154 g/mol. The number of hydrogen-bond donors (Lipinski definition) is 0. The summed E-state index contributed by atoms with van der Waals surface area (Å²) >= 11 is 0. The highest BCUT2D eigenvalue weighted by atomic mass is 16.5. The Hall–Kier alpha value is -0.660. The zero-order valence-corrected chi connectivity index (χ0v) is 7.71. The van der Waals surface area contributed by atoms with E-state index in [-0.39, 0.29) is 0 Å². The highest BCUT2D eigenvalue weighted by molar-refractivity contribution is 5.32. The Morgan fingerprint density at radius 1 is 1.25 bits per heavy atom. The summed E-state index contributed by atoms with van der Waals surface area (Å²) in [6.45, 7) is 3.95. The first-order chi connectivity index (χ1) is 5.91. The minimum atomic E-state index is 0.442. The van der Waals surface area contributed by atoms with Crippen LogP contribution in [0.15, 0.2) is 4.99 Å². The maximum Gasteiger partial charge on any atom is 0.235 e. The monoisotopic (exact) mass is 171 g/mol. The Balaban J connectivity index is 2.86. The van der Waals surface area contributed by atoms with Crippen LogP contribution >= 0.6 is 0 Å². The van der Waals surface area contributed by atoms with Crippen LogP contribution in [-0.4, -0.2) is 25.8 Å². The molecule has 12 heavy (non-hydrogen) atoms. The van der Waals surface area contributed by atoms with Gasteiger partial charge in [0.2, 0.25) is 6.08 Å². The van der Waals surface area contributed by atoms with Crippen LogP contribution in [0.25, 0.3) is 0 Å². The van der Waals surface area contributed by atoms with E-state index in [1.165, 1.54) is 25.3 Å². The Labute approximate surface area is 73.8 Å². The highest BCUT2D eigenvalue weighted by Gasteiger charge is 1.88. The Morgan fingerprint density at radius 3 is 2.75 bits per heavy atom. The van der Waals surface area contributed by atoms with Gasteiger partial charge in [-0.25, -0.2) is 9.79 Å². The van der Waals surface area contributed by atoms with E-state index in [0.29, 0.717) is 13.2 Å². The maximum absolute atomic E-state index is 9.63. The molecule has 0 saturated heterocycles. The molecule has 0 aromatic carbocycles. The SMILES string of the molecule is CCCCCCOCCN=C=O. The van der Waals surface area contributed by atoms with E-state index in [2.05, 4.69) is 11.9 Å². The zero-order valence-electron chi connectivity index (χ0n) is 7.71. The molecule has 0 spiro atoms. The molecule has 0 rings (SSSR count). The van der Waals surface area contributed by atoms with Gasteiger partial charge in [0.25, 0.3) is 0 Å². The summed E-state index contributed by atoms with van der Waals surface area (Å²) in [6.07, 6.45) is 6.33. The molecule has 3 heteroatoms. The molecule has 0 aliphatic carbocycles. The van der Waals surface area contributed by atoms with Crippen molar-refractivity contribution in [2.24, 2.45) is 4.99 Å². The normalized spacial score (nSPS) is 9.42. The highest BCUT2D eigenvalue weighted by Crippen LogP contribution is 1.98. The Kier molecular flexibility index (Phi) is 9.77. The lowest BCUT2D eigenvalue weighted by Crippen LogP contribution is -1.99. The van der Waals surface area contributed by atoms with E-state index in [0.717, 1.165) is 13.0 Å². The molecule has 0 N–H and O–H groups in total. The summed E-state index contributed by atoms with van der Waals surface area (Å²) in [7, 11) is 0. The van der Waals surface area contributed by atoms with Gasteiger partial charge in [-0.3, -0.25) is 0 Å². The van der Waals surface area contributed by atoms with Crippen LogP contribution in [0.5, 0.6) is 0 Å². The molecule has 3 nitrogen and oxygen atoms in total. The Bertz CT molecular complexity index is 130. The Morgan fingerprint density at radius 2 is 2.08 bits per heavy atom. The van der Waals surface area contributed by atoms with Crippen molar-refractivity contribution in [2.45, 2.75) is 32.6 Å². The van der Waals surface area contributed by atoms with Crippen molar-refractivity contribution in [3.05, 3.63) is 0 Å². The summed E-state index contributed by atoms with van der Waals surface area (Å²) in [5.41, 5.74) is 0. The summed E-state index contributed by atoms with van der Waals surface area (Å²) < 4.78 is 5.21. The number of hydrogen-bond acceptors (Lipinski definition) is 3. The quantitative estimate of drug-likeness (QED) is 0.318. The lowest BCUT2D eigenvalue weighted by Gasteiger charge is -2.00. The molecule has 0 amide bonds. The minimum Gasteiger partial charge on any atom is -0.379 e. The van der Waals surface area contributed by atoms with Crippen molar-refractivity contribution >= 4 is 6.08 Å². The molecule has 0 aliphatic heterocycles. The van der Waals surface area contributed by atoms with Crippen LogP contribution in [0.1, 0.15) is 32.6 Å². The van der Waals surface area contributed by atoms with Crippen molar-refractivity contribution in [1.29, 1.82) is 0 Å². The van der Waals surface area contributed by atoms with Gasteiger partial charge in [0.15, 0.2) is 0 Å². The number of nitrogens with zero attached hydrogens (tertiary/aromatic N) is 1. The number of rotatable bonds is 8. The van der Waals surface area contributed by atoms with Gasteiger partial charge in [-0.2, -0.15) is 0 Å². The first kappa shape index (κ1) is 11.3. The average Bonchev–Trinajstić information content (AvgIpc) is 2.10. The van der Waals surface area contributed by atoms with Crippen molar-refractivity contribution in [1.82, 2.24) is 0 Å². The predicted octanol–water partition coefficient (Wildman–Crippen LogP) is 1.92. The fourth-order valence-corrected chi connectivity index (χ4v) is 0.889. The second kappa shape index (κ2) is 10.3. The smallest absolute Gasteiger partial charge is 0.235 e. The van der Waals surface area contributed by atoms with E-state index in [1.807, 2.05) is 0 Å². The molecule has 0 aliphatic rings. The van der Waals surface area contributed by atoms with Crippen LogP contribution in [0.2, 0.25) is 0 Å². The molecule has 0 atom stereocenters. The van der Waals surface area contributed by atoms with Crippen LogP contribution in [0, 0.1) is 0 Å². The lowest BCUT2D eigenvalue weighted by molar-refractivity contribution is 0.137. The van der Waals surface area contributed by atoms with E-state index in [1.54, 1.807) is 0 Å². The number of isocyanates is 1. The zero-order chi connectivity index (χ0) is 9.07. The second-order valence-corrected chi connectivity index (χ2v) is 2.65. The number of aliphatic imine (C=N–C) groups is 1. The van der Waals surface area contributed by atoms with Gasteiger partial charge in [-0.05, 0) is 6.42 Å². The largest absolute Gasteiger partial charge is 0.379 e. The van der Waals surface area contributed by atoms with Crippen molar-refractivity contribution in [2.75, 3.05) is 19.8 Å². The van der Waals surface area contributed by atoms with Crippen LogP contribution in [-0.2, 0) is 9.53 Å². The third kappa shape index (κ3) is 9.34. The summed E-state index contributed by atoms with van der Waals surface area (Å²) in [5, 5.41) is 0. The van der Waals surface area contributed by atoms with Gasteiger partial charge < -0.3 is 4.74 Å². The number of carbonyl (C=O) groups excluding carboxylic acids is 1. The van der Waals surface area contributed by atoms with Gasteiger partial charge in [-0.1, -0.05) is 26.2 Å². The number of unbranched alkanes of at least 4 members (excludes halogenated alkanes) is 3. The lowest BCUT2D eigenvalue weighted by atomic mass is 10.2. The third-order valence-electron chi connectivity index (χ3n) is 1.55. The standard InChI is InChI=1S/C9H17NO2/c1-2-3-4-5-7-12-8-6-10-9-11/h2-8H2,1H3. The van der Waals surface area contributed by atoms with Crippen LogP contribution < -0.4 is 0 Å². The van der Waals surface area contributed by atoms with Crippen molar-refractivity contribution in [3.63, 3.8) is 0 Å². The number of ether oxygens (including phenoxy) is 1. The molecule has 0 fully saturated rings. The first-order valence-electron chi connectivity index (χ1n) is 4.53. The third-order valence-corrected chi connectivity index (χ3v) is 1.55. The predicted molar refractivity (Wildman–Crippen MR) is 47.9 cm³/mol. The average molecular weight is 171 g/mol. The van der Waals surface area contributed by atoms with Gasteiger partial charge in [0.05, 0.1) is 13.2 Å². The van der Waals surface area contributed by atoms with Gasteiger partial charge in [-0.15, -0.1) is 0 Å². The molecular formula is C9H17NO2. The molecule has 0 unspecified atom stereocenters. The van der Waals surface area contributed by atoms with Crippen LogP contribution in [0.3, 0.4) is 0 Å². The van der Waals surface area contributed by atoms with Crippen LogP contribution in [0.4, 0.5) is 0 Å². The van der Waals surface area contributed by atoms with Crippen molar-refractivity contribution in [3.8, 4) is 0 Å². The summed E-state index contributed by atoms with van der Waals surface area (Å²) in [4.78, 5) is 13.0. The fraction of sp³-hybridized carbons (Fsp3) is 0.889. The van der Waals surface area contributed by atoms with Gasteiger partial charge in [0.1, 0.15) is 0 Å². The molecule has 0 heterocycles. The molecule has 0 aromatic rings. The van der Waals surface area contributed by atoms with E-state index in [9.17, 15) is 4.79 Å². The maximum atomic E-state index is 9.63. The van der Waals surface area contributed by atoms with E-state index < -0.39 is 0 Å². The van der Waals surface area contributed by atoms with E-state index in [4.69, 9.17) is 4.74 Å². The first-order valence-corrected chi connectivity index (χ1v) is 4.53. The van der Waals surface area contributed by atoms with Crippen molar-refractivity contribution < 1.29 is 9.53 Å². The molecule has 70 valence electrons.